The highest BCUT2D eigenvalue weighted by Crippen LogP contribution is 2.24. The van der Waals surface area contributed by atoms with Crippen LogP contribution in [0.2, 0.25) is 5.22 Å². The van der Waals surface area contributed by atoms with Crippen LogP contribution in [0.15, 0.2) is 34.7 Å². The molecule has 0 aliphatic carbocycles. The van der Waals surface area contributed by atoms with Gasteiger partial charge < -0.3 is 23.9 Å². The molecule has 0 radical (unpaired) electrons. The van der Waals surface area contributed by atoms with Gasteiger partial charge >= 0.3 is 5.97 Å². The first kappa shape index (κ1) is 17.7. The lowest BCUT2D eigenvalue weighted by Gasteiger charge is -2.20. The van der Waals surface area contributed by atoms with Crippen LogP contribution in [0.25, 0.3) is 0 Å². The highest BCUT2D eigenvalue weighted by Gasteiger charge is 2.22. The Labute approximate surface area is 143 Å². The van der Waals surface area contributed by atoms with Crippen LogP contribution in [0.5, 0.6) is 11.5 Å². The number of carbonyl (C=O) groups is 2. The van der Waals surface area contributed by atoms with Crippen LogP contribution in [-0.4, -0.2) is 42.6 Å². The van der Waals surface area contributed by atoms with Crippen molar-refractivity contribution in [2.45, 2.75) is 6.54 Å². The number of carboxylic acid groups (broad SMARTS) is 1. The van der Waals surface area contributed by atoms with Gasteiger partial charge in [0.25, 0.3) is 5.91 Å². The first-order chi connectivity index (χ1) is 11.4. The van der Waals surface area contributed by atoms with Crippen LogP contribution in [0.3, 0.4) is 0 Å². The zero-order chi connectivity index (χ0) is 17.7. The van der Waals surface area contributed by atoms with Crippen molar-refractivity contribution in [3.8, 4) is 11.5 Å². The molecular formula is C16H16ClNO6. The van der Waals surface area contributed by atoms with Crippen molar-refractivity contribution in [2.24, 2.45) is 0 Å². The summed E-state index contributed by atoms with van der Waals surface area (Å²) in [6, 6.07) is 7.88. The summed E-state index contributed by atoms with van der Waals surface area (Å²) in [4.78, 5) is 24.7. The van der Waals surface area contributed by atoms with E-state index in [1.165, 1.54) is 26.4 Å². The minimum absolute atomic E-state index is 0.0314. The lowest BCUT2D eigenvalue weighted by Crippen LogP contribution is -2.35. The van der Waals surface area contributed by atoms with Crippen LogP contribution in [0, 0.1) is 0 Å². The van der Waals surface area contributed by atoms with Gasteiger partial charge in [0.2, 0.25) is 0 Å². The average Bonchev–Trinajstić information content (AvgIpc) is 2.99. The third kappa shape index (κ3) is 4.42. The van der Waals surface area contributed by atoms with E-state index in [-0.39, 0.29) is 17.5 Å². The number of halogens is 1. The number of amides is 1. The summed E-state index contributed by atoms with van der Waals surface area (Å²) in [7, 11) is 3.01. The number of methoxy groups -OCH3 is 2. The normalized spacial score (nSPS) is 10.3. The van der Waals surface area contributed by atoms with Gasteiger partial charge in [0.1, 0.15) is 18.0 Å². The number of hydrogen-bond donors (Lipinski definition) is 1. The standard InChI is InChI=1S/C16H16ClNO6/c1-22-11-5-10(6-12(7-11)23-2)8-18(9-15(19)20)16(21)13-3-4-14(17)24-13/h3-7H,8-9H2,1-2H3,(H,19,20). The van der Waals surface area contributed by atoms with Gasteiger partial charge in [0.05, 0.1) is 14.2 Å². The van der Waals surface area contributed by atoms with E-state index in [0.29, 0.717) is 17.1 Å². The Balaban J connectivity index is 2.28. The Hall–Kier alpha value is -2.67. The SMILES string of the molecule is COc1cc(CN(CC(=O)O)C(=O)c2ccc(Cl)o2)cc(OC)c1. The molecule has 1 heterocycles. The number of nitrogens with zero attached hydrogens (tertiary/aromatic N) is 1. The number of rotatable bonds is 7. The number of benzene rings is 1. The molecular weight excluding hydrogens is 338 g/mol. The van der Waals surface area contributed by atoms with E-state index < -0.39 is 18.4 Å². The molecule has 0 atom stereocenters. The minimum atomic E-state index is -1.14. The van der Waals surface area contributed by atoms with Crippen molar-refractivity contribution in [2.75, 3.05) is 20.8 Å². The quantitative estimate of drug-likeness (QED) is 0.823. The zero-order valence-corrected chi connectivity index (χ0v) is 13.9. The van der Waals surface area contributed by atoms with Crippen molar-refractivity contribution in [3.05, 3.63) is 46.9 Å². The molecule has 1 amide bonds. The van der Waals surface area contributed by atoms with Crippen LogP contribution in [0.1, 0.15) is 16.1 Å². The molecule has 0 unspecified atom stereocenters. The zero-order valence-electron chi connectivity index (χ0n) is 13.1. The molecule has 1 N–H and O–H groups in total. The number of carboxylic acids is 1. The summed E-state index contributed by atoms with van der Waals surface area (Å²) in [5.41, 5.74) is 0.651. The first-order valence-corrected chi connectivity index (χ1v) is 7.29. The Kier molecular flexibility index (Phi) is 5.70. The van der Waals surface area contributed by atoms with Gasteiger partial charge in [-0.05, 0) is 41.4 Å². The molecule has 0 saturated carbocycles. The Morgan fingerprint density at radius 1 is 1.17 bits per heavy atom. The minimum Gasteiger partial charge on any atom is -0.497 e. The smallest absolute Gasteiger partial charge is 0.323 e. The van der Waals surface area contributed by atoms with E-state index in [4.69, 9.17) is 30.6 Å². The Morgan fingerprint density at radius 3 is 2.25 bits per heavy atom. The van der Waals surface area contributed by atoms with E-state index in [1.54, 1.807) is 18.2 Å². The molecule has 0 saturated heterocycles. The van der Waals surface area contributed by atoms with E-state index in [1.807, 2.05) is 0 Å². The molecule has 24 heavy (non-hydrogen) atoms. The summed E-state index contributed by atoms with van der Waals surface area (Å²) >= 11 is 5.67. The van der Waals surface area contributed by atoms with Crippen LogP contribution >= 0.6 is 11.6 Å². The molecule has 1 aromatic carbocycles. The first-order valence-electron chi connectivity index (χ1n) is 6.91. The second kappa shape index (κ2) is 7.74. The highest BCUT2D eigenvalue weighted by molar-refractivity contribution is 6.29. The number of hydrogen-bond acceptors (Lipinski definition) is 5. The Bertz CT molecular complexity index is 720. The molecule has 0 spiro atoms. The molecule has 0 aliphatic rings. The van der Waals surface area contributed by atoms with Gasteiger partial charge in [-0.2, -0.15) is 0 Å². The van der Waals surface area contributed by atoms with Crippen molar-refractivity contribution in [3.63, 3.8) is 0 Å². The average molecular weight is 354 g/mol. The summed E-state index contributed by atoms with van der Waals surface area (Å²) in [6.45, 7) is -0.451. The second-order valence-electron chi connectivity index (χ2n) is 4.88. The summed E-state index contributed by atoms with van der Waals surface area (Å²) in [5.74, 6) is -0.681. The molecule has 0 bridgehead atoms. The molecule has 128 valence electrons. The number of aliphatic carboxylic acids is 1. The van der Waals surface area contributed by atoms with Crippen LogP contribution in [-0.2, 0) is 11.3 Å². The van der Waals surface area contributed by atoms with E-state index in [9.17, 15) is 9.59 Å². The molecule has 2 aromatic rings. The fourth-order valence-electron chi connectivity index (χ4n) is 2.13. The van der Waals surface area contributed by atoms with Crippen molar-refractivity contribution in [1.82, 2.24) is 4.90 Å². The van der Waals surface area contributed by atoms with Gasteiger partial charge in [-0.15, -0.1) is 0 Å². The largest absolute Gasteiger partial charge is 0.497 e. The summed E-state index contributed by atoms with van der Waals surface area (Å²) in [6.07, 6.45) is 0. The van der Waals surface area contributed by atoms with E-state index in [0.717, 1.165) is 4.90 Å². The molecule has 0 aliphatic heterocycles. The fraction of sp³-hybridized carbons (Fsp3) is 0.250. The molecule has 1 aromatic heterocycles. The van der Waals surface area contributed by atoms with Gasteiger partial charge in [-0.25, -0.2) is 0 Å². The fourth-order valence-corrected chi connectivity index (χ4v) is 2.27. The molecule has 0 fully saturated rings. The van der Waals surface area contributed by atoms with Crippen LogP contribution in [0.4, 0.5) is 0 Å². The third-order valence-electron chi connectivity index (χ3n) is 3.18. The van der Waals surface area contributed by atoms with Gasteiger partial charge in [0, 0.05) is 12.6 Å². The van der Waals surface area contributed by atoms with Crippen molar-refractivity contribution in [1.29, 1.82) is 0 Å². The third-order valence-corrected chi connectivity index (χ3v) is 3.39. The number of ether oxygens (including phenoxy) is 2. The predicted molar refractivity (Wildman–Crippen MR) is 85.6 cm³/mol. The lowest BCUT2D eigenvalue weighted by molar-refractivity contribution is -0.137. The maximum absolute atomic E-state index is 12.5. The van der Waals surface area contributed by atoms with Gasteiger partial charge in [-0.1, -0.05) is 0 Å². The summed E-state index contributed by atoms with van der Waals surface area (Å²) < 4.78 is 15.4. The van der Waals surface area contributed by atoms with E-state index >= 15 is 0 Å². The van der Waals surface area contributed by atoms with Gasteiger partial charge in [0.15, 0.2) is 11.0 Å². The maximum atomic E-state index is 12.5. The van der Waals surface area contributed by atoms with E-state index in [2.05, 4.69) is 0 Å². The molecule has 8 heteroatoms. The maximum Gasteiger partial charge on any atom is 0.323 e. The summed E-state index contributed by atoms with van der Waals surface area (Å²) in [5, 5.41) is 9.12. The molecule has 2 rings (SSSR count). The van der Waals surface area contributed by atoms with Crippen molar-refractivity contribution >= 4 is 23.5 Å². The van der Waals surface area contributed by atoms with Crippen LogP contribution < -0.4 is 9.47 Å². The van der Waals surface area contributed by atoms with Crippen molar-refractivity contribution < 1.29 is 28.6 Å². The number of carbonyl (C=O) groups excluding carboxylic acids is 1. The Morgan fingerprint density at radius 2 is 1.79 bits per heavy atom. The molecule has 7 nitrogen and oxygen atoms in total. The second-order valence-corrected chi connectivity index (χ2v) is 5.25. The lowest BCUT2D eigenvalue weighted by atomic mass is 10.1. The monoisotopic (exact) mass is 353 g/mol. The predicted octanol–water partition coefficient (Wildman–Crippen LogP) is 2.68. The van der Waals surface area contributed by atoms with Gasteiger partial charge in [-0.3, -0.25) is 9.59 Å². The highest BCUT2D eigenvalue weighted by atomic mass is 35.5. The topological polar surface area (TPSA) is 89.2 Å². The number of furan rings is 1.